The standard InChI is InChI=1S/C7H9N5O2.ClH/c1-5-3-8-4-6(9-5)10-7(13)12(2)11-14;/h3-4H,1-2H3,(H,9,10,13);1H. The predicted molar refractivity (Wildman–Crippen MR) is 56.6 cm³/mol. The van der Waals surface area contributed by atoms with Crippen LogP contribution in [0, 0.1) is 11.8 Å². The minimum Gasteiger partial charge on any atom is -0.289 e. The Morgan fingerprint density at radius 2 is 2.20 bits per heavy atom. The predicted octanol–water partition coefficient (Wildman–Crippen LogP) is 1.35. The Morgan fingerprint density at radius 1 is 1.53 bits per heavy atom. The van der Waals surface area contributed by atoms with E-state index >= 15 is 0 Å². The van der Waals surface area contributed by atoms with Crippen LogP contribution in [0.3, 0.4) is 0 Å². The molecule has 0 saturated carbocycles. The molecule has 0 spiro atoms. The Hall–Kier alpha value is -1.76. The van der Waals surface area contributed by atoms with Gasteiger partial charge in [-0.3, -0.25) is 10.3 Å². The summed E-state index contributed by atoms with van der Waals surface area (Å²) in [7, 11) is 1.24. The van der Waals surface area contributed by atoms with Crippen LogP contribution in [0.2, 0.25) is 0 Å². The van der Waals surface area contributed by atoms with Gasteiger partial charge in [-0.15, -0.1) is 17.3 Å². The first-order valence-corrected chi connectivity index (χ1v) is 3.80. The van der Waals surface area contributed by atoms with Crippen molar-refractivity contribution in [2.45, 2.75) is 6.92 Å². The third-order valence-corrected chi connectivity index (χ3v) is 1.41. The van der Waals surface area contributed by atoms with Gasteiger partial charge in [-0.1, -0.05) is 0 Å². The van der Waals surface area contributed by atoms with Crippen molar-refractivity contribution in [1.82, 2.24) is 15.0 Å². The van der Waals surface area contributed by atoms with Crippen LogP contribution in [0.4, 0.5) is 10.6 Å². The summed E-state index contributed by atoms with van der Waals surface area (Å²) in [5.74, 6) is 0.283. The van der Waals surface area contributed by atoms with Gasteiger partial charge in [0.25, 0.3) is 0 Å². The molecule has 0 bridgehead atoms. The summed E-state index contributed by atoms with van der Waals surface area (Å²) in [4.78, 5) is 28.9. The first-order chi connectivity index (χ1) is 6.63. The summed E-state index contributed by atoms with van der Waals surface area (Å²) in [6.45, 7) is 1.74. The molecule has 0 aliphatic carbocycles. The van der Waals surface area contributed by atoms with E-state index in [0.29, 0.717) is 10.7 Å². The molecule has 0 unspecified atom stereocenters. The van der Waals surface area contributed by atoms with Gasteiger partial charge in [0.05, 0.1) is 17.2 Å². The molecule has 0 aromatic carbocycles. The molecule has 0 atom stereocenters. The summed E-state index contributed by atoms with van der Waals surface area (Å²) >= 11 is 0. The third-order valence-electron chi connectivity index (χ3n) is 1.41. The monoisotopic (exact) mass is 231 g/mol. The summed E-state index contributed by atoms with van der Waals surface area (Å²) in [5, 5.41) is 5.41. The van der Waals surface area contributed by atoms with Gasteiger partial charge in [-0.05, 0) is 6.92 Å². The largest absolute Gasteiger partial charge is 0.345 e. The van der Waals surface area contributed by atoms with E-state index in [2.05, 4.69) is 20.6 Å². The summed E-state index contributed by atoms with van der Waals surface area (Å²) in [6, 6.07) is -0.653. The number of aromatic nitrogens is 2. The van der Waals surface area contributed by atoms with Crippen LogP contribution in [0.15, 0.2) is 17.7 Å². The molecule has 8 heteroatoms. The summed E-state index contributed by atoms with van der Waals surface area (Å²) in [6.07, 6.45) is 2.93. The topological polar surface area (TPSA) is 87.5 Å². The zero-order valence-electron chi connectivity index (χ0n) is 8.17. The minimum atomic E-state index is -0.653. The van der Waals surface area contributed by atoms with Crippen molar-refractivity contribution in [3.8, 4) is 0 Å². The van der Waals surface area contributed by atoms with Crippen molar-refractivity contribution in [3.63, 3.8) is 0 Å². The first kappa shape index (κ1) is 13.2. The van der Waals surface area contributed by atoms with Crippen LogP contribution < -0.4 is 5.32 Å². The van der Waals surface area contributed by atoms with Gasteiger partial charge in [-0.25, -0.2) is 9.78 Å². The van der Waals surface area contributed by atoms with E-state index in [1.165, 1.54) is 13.2 Å². The number of carbonyl (C=O) groups excluding carboxylic acids is 1. The average Bonchev–Trinajstić information content (AvgIpc) is 2.16. The van der Waals surface area contributed by atoms with Crippen LogP contribution in [0.5, 0.6) is 0 Å². The van der Waals surface area contributed by atoms with Crippen molar-refractivity contribution in [1.29, 1.82) is 0 Å². The minimum absolute atomic E-state index is 0. The van der Waals surface area contributed by atoms with Crippen LogP contribution in [-0.2, 0) is 0 Å². The maximum absolute atomic E-state index is 11.1. The van der Waals surface area contributed by atoms with Gasteiger partial charge >= 0.3 is 6.03 Å². The number of carbonyl (C=O) groups is 1. The number of amides is 2. The maximum Gasteiger partial charge on any atom is 0.345 e. The van der Waals surface area contributed by atoms with Crippen LogP contribution in [-0.4, -0.2) is 28.1 Å². The smallest absolute Gasteiger partial charge is 0.289 e. The van der Waals surface area contributed by atoms with Gasteiger partial charge in [0.1, 0.15) is 0 Å². The molecule has 1 heterocycles. The molecule has 82 valence electrons. The number of rotatable bonds is 2. The van der Waals surface area contributed by atoms with E-state index in [9.17, 15) is 9.70 Å². The van der Waals surface area contributed by atoms with E-state index in [4.69, 9.17) is 0 Å². The second kappa shape index (κ2) is 5.86. The summed E-state index contributed by atoms with van der Waals surface area (Å²) in [5.41, 5.74) is 0.671. The highest BCUT2D eigenvalue weighted by molar-refractivity contribution is 5.87. The molecule has 0 fully saturated rings. The van der Waals surface area contributed by atoms with Gasteiger partial charge in [-0.2, -0.15) is 5.01 Å². The Morgan fingerprint density at radius 3 is 2.73 bits per heavy atom. The van der Waals surface area contributed by atoms with Gasteiger partial charge in [0, 0.05) is 13.2 Å². The Kier molecular flexibility index (Phi) is 5.18. The SMILES string of the molecule is Cc1cncc(NC(=O)N(C)N=O)n1.Cl. The summed E-state index contributed by atoms with van der Waals surface area (Å²) < 4.78 is 0. The zero-order chi connectivity index (χ0) is 10.6. The number of anilines is 1. The molecule has 0 aliphatic heterocycles. The molecule has 15 heavy (non-hydrogen) atoms. The second-order valence-electron chi connectivity index (χ2n) is 2.58. The van der Waals surface area contributed by atoms with Gasteiger partial charge in [0.2, 0.25) is 0 Å². The van der Waals surface area contributed by atoms with Crippen molar-refractivity contribution in [2.75, 3.05) is 12.4 Å². The number of halogens is 1. The number of hydrogen-bond donors (Lipinski definition) is 1. The molecular formula is C7H10ClN5O2. The fourth-order valence-corrected chi connectivity index (χ4v) is 0.751. The van der Waals surface area contributed by atoms with Gasteiger partial charge in [0.15, 0.2) is 5.82 Å². The molecule has 1 N–H and O–H groups in total. The molecule has 7 nitrogen and oxygen atoms in total. The highest BCUT2D eigenvalue weighted by atomic mass is 35.5. The van der Waals surface area contributed by atoms with E-state index in [1.807, 2.05) is 0 Å². The lowest BCUT2D eigenvalue weighted by atomic mass is 10.5. The van der Waals surface area contributed by atoms with Gasteiger partial charge < -0.3 is 0 Å². The van der Waals surface area contributed by atoms with Crippen molar-refractivity contribution in [3.05, 3.63) is 23.0 Å². The molecule has 1 rings (SSSR count). The van der Waals surface area contributed by atoms with E-state index in [0.717, 1.165) is 0 Å². The van der Waals surface area contributed by atoms with Crippen molar-refractivity contribution >= 4 is 24.3 Å². The second-order valence-corrected chi connectivity index (χ2v) is 2.58. The van der Waals surface area contributed by atoms with E-state index < -0.39 is 6.03 Å². The zero-order valence-corrected chi connectivity index (χ0v) is 8.98. The lowest BCUT2D eigenvalue weighted by Crippen LogP contribution is -2.26. The van der Waals surface area contributed by atoms with Crippen molar-refractivity contribution in [2.24, 2.45) is 5.29 Å². The van der Waals surface area contributed by atoms with E-state index in [1.54, 1.807) is 13.1 Å². The quantitative estimate of drug-likeness (QED) is 0.615. The number of nitrogens with zero attached hydrogens (tertiary/aromatic N) is 4. The Bertz CT molecular complexity index is 359. The number of aryl methyl sites for hydroxylation is 1. The molecule has 1 aromatic heterocycles. The average molecular weight is 232 g/mol. The lowest BCUT2D eigenvalue weighted by molar-refractivity contribution is 0.223. The first-order valence-electron chi connectivity index (χ1n) is 3.80. The highest BCUT2D eigenvalue weighted by Gasteiger charge is 2.08. The molecule has 2 amide bonds. The molecular weight excluding hydrogens is 222 g/mol. The number of urea groups is 1. The maximum atomic E-state index is 11.1. The number of nitroso groups, excluding NO2 is 1. The van der Waals surface area contributed by atoms with E-state index in [-0.39, 0.29) is 18.2 Å². The number of nitrogens with one attached hydrogen (secondary N) is 1. The lowest BCUT2D eigenvalue weighted by Gasteiger charge is -2.07. The van der Waals surface area contributed by atoms with Crippen LogP contribution >= 0.6 is 12.4 Å². The fourth-order valence-electron chi connectivity index (χ4n) is 0.751. The number of hydrogen-bond acceptors (Lipinski definition) is 5. The highest BCUT2D eigenvalue weighted by Crippen LogP contribution is 2.02. The Labute approximate surface area is 92.3 Å². The fraction of sp³-hybridized carbons (Fsp3) is 0.286. The van der Waals surface area contributed by atoms with Crippen molar-refractivity contribution < 1.29 is 4.79 Å². The Balaban J connectivity index is 0.00000196. The normalized spacial score (nSPS) is 8.67. The molecule has 0 saturated heterocycles. The molecule has 0 radical (unpaired) electrons. The molecule has 0 aliphatic rings. The van der Waals surface area contributed by atoms with Crippen LogP contribution in [0.1, 0.15) is 5.69 Å². The molecule has 1 aromatic rings. The van der Waals surface area contributed by atoms with Crippen LogP contribution in [0.25, 0.3) is 0 Å². The third kappa shape index (κ3) is 3.86.